The molecule has 0 bridgehead atoms. The van der Waals surface area contributed by atoms with Crippen molar-refractivity contribution in [1.82, 2.24) is 9.97 Å². The van der Waals surface area contributed by atoms with Gasteiger partial charge in [-0.3, -0.25) is 9.59 Å². The van der Waals surface area contributed by atoms with Crippen molar-refractivity contribution in [3.63, 3.8) is 0 Å². The van der Waals surface area contributed by atoms with Crippen LogP contribution in [0.15, 0.2) is 18.2 Å². The van der Waals surface area contributed by atoms with Gasteiger partial charge in [-0.1, -0.05) is 23.2 Å². The predicted molar refractivity (Wildman–Crippen MR) is 114 cm³/mol. The maximum atomic E-state index is 12.9. The fourth-order valence-corrected chi connectivity index (χ4v) is 4.11. The number of rotatable bonds is 3. The van der Waals surface area contributed by atoms with Gasteiger partial charge in [0, 0.05) is 24.5 Å². The van der Waals surface area contributed by atoms with Crippen molar-refractivity contribution in [1.29, 1.82) is 0 Å². The Hall–Kier alpha value is -2.58. The summed E-state index contributed by atoms with van der Waals surface area (Å²) in [5.74, 6) is -0.576. The van der Waals surface area contributed by atoms with Gasteiger partial charge in [0.05, 0.1) is 22.2 Å². The number of carbonyl (C=O) groups excluding carboxylic acids is 2. The summed E-state index contributed by atoms with van der Waals surface area (Å²) in [6, 6.07) is 4.75. The molecule has 0 spiro atoms. The molecule has 0 saturated carbocycles. The molecule has 2 aliphatic rings. The number of carbonyl (C=O) groups is 2. The molecule has 2 aliphatic heterocycles. The lowest BCUT2D eigenvalue weighted by atomic mass is 9.92. The van der Waals surface area contributed by atoms with Crippen LogP contribution in [0.25, 0.3) is 0 Å². The zero-order valence-electron chi connectivity index (χ0n) is 15.5. The second kappa shape index (κ2) is 8.04. The summed E-state index contributed by atoms with van der Waals surface area (Å²) in [5, 5.41) is 6.23. The Kier molecular flexibility index (Phi) is 5.47. The number of hydrogen-bond donors (Lipinski definition) is 3. The van der Waals surface area contributed by atoms with Gasteiger partial charge in [-0.15, -0.1) is 0 Å². The van der Waals surface area contributed by atoms with E-state index in [-0.39, 0.29) is 24.0 Å². The first-order valence-electron chi connectivity index (χ1n) is 9.40. The number of fused-ring (bicyclic) bond motifs is 1. The summed E-state index contributed by atoms with van der Waals surface area (Å²) in [6.45, 7) is 1.68. The molecule has 0 unspecified atom stereocenters. The van der Waals surface area contributed by atoms with Crippen LogP contribution in [0, 0.1) is 0 Å². The van der Waals surface area contributed by atoms with Crippen LogP contribution in [0.1, 0.15) is 37.2 Å². The summed E-state index contributed by atoms with van der Waals surface area (Å²) in [5.41, 5.74) is 7.04. The Labute approximate surface area is 177 Å². The first-order valence-corrected chi connectivity index (χ1v) is 10.2. The molecule has 1 saturated heterocycles. The SMILES string of the molecule is Nc1nc(N2CCCCC2)nc2c1[C@H](C(=O)Nc1ccc(Cl)cc1Cl)CC(=O)N2. The van der Waals surface area contributed by atoms with E-state index in [0.29, 0.717) is 27.2 Å². The molecular formula is C19H20Cl2N6O2. The van der Waals surface area contributed by atoms with Crippen LogP contribution < -0.4 is 21.3 Å². The van der Waals surface area contributed by atoms with Crippen molar-refractivity contribution in [2.45, 2.75) is 31.6 Å². The maximum absolute atomic E-state index is 12.9. The number of amides is 2. The van der Waals surface area contributed by atoms with Gasteiger partial charge in [-0.25, -0.2) is 0 Å². The molecule has 10 heteroatoms. The summed E-state index contributed by atoms with van der Waals surface area (Å²) in [4.78, 5) is 36.2. The van der Waals surface area contributed by atoms with Crippen molar-refractivity contribution in [3.8, 4) is 0 Å². The van der Waals surface area contributed by atoms with Gasteiger partial charge in [0.25, 0.3) is 0 Å². The molecule has 152 valence electrons. The molecule has 1 atom stereocenters. The lowest BCUT2D eigenvalue weighted by Crippen LogP contribution is -2.35. The highest BCUT2D eigenvalue weighted by atomic mass is 35.5. The normalized spacial score (nSPS) is 18.8. The number of nitrogens with zero attached hydrogens (tertiary/aromatic N) is 3. The highest BCUT2D eigenvalue weighted by Crippen LogP contribution is 2.37. The fraction of sp³-hybridized carbons (Fsp3) is 0.368. The monoisotopic (exact) mass is 434 g/mol. The zero-order chi connectivity index (χ0) is 20.5. The third-order valence-corrected chi connectivity index (χ3v) is 5.65. The van der Waals surface area contributed by atoms with E-state index in [9.17, 15) is 9.59 Å². The number of aromatic nitrogens is 2. The lowest BCUT2D eigenvalue weighted by molar-refractivity contribution is -0.123. The maximum Gasteiger partial charge on any atom is 0.232 e. The van der Waals surface area contributed by atoms with Gasteiger partial charge in [0.1, 0.15) is 11.6 Å². The lowest BCUT2D eigenvalue weighted by Gasteiger charge is -2.30. The topological polar surface area (TPSA) is 113 Å². The molecule has 4 rings (SSSR count). The summed E-state index contributed by atoms with van der Waals surface area (Å²) < 4.78 is 0. The van der Waals surface area contributed by atoms with E-state index in [4.69, 9.17) is 28.9 Å². The van der Waals surface area contributed by atoms with Crippen LogP contribution in [-0.2, 0) is 9.59 Å². The molecule has 1 aromatic heterocycles. The number of anilines is 4. The van der Waals surface area contributed by atoms with Crippen LogP contribution in [0.5, 0.6) is 0 Å². The predicted octanol–water partition coefficient (Wildman–Crippen LogP) is 3.42. The first-order chi connectivity index (χ1) is 13.9. The molecule has 2 aromatic rings. The molecular weight excluding hydrogens is 415 g/mol. The summed E-state index contributed by atoms with van der Waals surface area (Å²) in [6.07, 6.45) is 3.23. The van der Waals surface area contributed by atoms with Crippen molar-refractivity contribution in [3.05, 3.63) is 33.8 Å². The third-order valence-electron chi connectivity index (χ3n) is 5.10. The highest BCUT2D eigenvalue weighted by molar-refractivity contribution is 6.36. The van der Waals surface area contributed by atoms with Crippen LogP contribution in [0.2, 0.25) is 10.0 Å². The Balaban J connectivity index is 1.64. The van der Waals surface area contributed by atoms with E-state index < -0.39 is 11.8 Å². The smallest absolute Gasteiger partial charge is 0.232 e. The molecule has 4 N–H and O–H groups in total. The van der Waals surface area contributed by atoms with Crippen LogP contribution in [0.4, 0.5) is 23.3 Å². The Bertz CT molecular complexity index is 977. The van der Waals surface area contributed by atoms with Gasteiger partial charge in [-0.2, -0.15) is 9.97 Å². The summed E-state index contributed by atoms with van der Waals surface area (Å²) in [7, 11) is 0. The highest BCUT2D eigenvalue weighted by Gasteiger charge is 2.35. The van der Waals surface area contributed by atoms with Gasteiger partial charge < -0.3 is 21.3 Å². The van der Waals surface area contributed by atoms with Gasteiger partial charge in [-0.05, 0) is 37.5 Å². The van der Waals surface area contributed by atoms with E-state index in [2.05, 4.69) is 20.6 Å². The second-order valence-electron chi connectivity index (χ2n) is 7.14. The van der Waals surface area contributed by atoms with Gasteiger partial charge >= 0.3 is 0 Å². The molecule has 29 heavy (non-hydrogen) atoms. The fourth-order valence-electron chi connectivity index (χ4n) is 3.65. The Morgan fingerprint density at radius 1 is 1.21 bits per heavy atom. The minimum absolute atomic E-state index is 0.0549. The van der Waals surface area contributed by atoms with Gasteiger partial charge in [0.2, 0.25) is 17.8 Å². The minimum Gasteiger partial charge on any atom is -0.383 e. The van der Waals surface area contributed by atoms with E-state index in [1.807, 2.05) is 4.90 Å². The number of nitrogens with two attached hydrogens (primary N) is 1. The largest absolute Gasteiger partial charge is 0.383 e. The van der Waals surface area contributed by atoms with Crippen LogP contribution in [-0.4, -0.2) is 34.9 Å². The average Bonchev–Trinajstić information content (AvgIpc) is 2.69. The number of hydrogen-bond acceptors (Lipinski definition) is 6. The molecule has 0 radical (unpaired) electrons. The van der Waals surface area contributed by atoms with Crippen LogP contribution in [0.3, 0.4) is 0 Å². The molecule has 1 fully saturated rings. The minimum atomic E-state index is -0.819. The molecule has 1 aromatic carbocycles. The standard InChI is InChI=1S/C19H20Cl2N6O2/c20-10-4-5-13(12(21)8-10)23-18(29)11-9-14(28)24-17-15(11)16(22)25-19(26-17)27-6-2-1-3-7-27/h4-5,8,11H,1-3,6-7,9H2,(H,23,29)(H3,22,24,25,26,28)/t11-/m1/s1. The van der Waals surface area contributed by atoms with Gasteiger partial charge in [0.15, 0.2) is 0 Å². The average molecular weight is 435 g/mol. The first kappa shape index (κ1) is 19.7. The number of nitrogens with one attached hydrogen (secondary N) is 2. The summed E-state index contributed by atoms with van der Waals surface area (Å²) >= 11 is 12.0. The number of piperidine rings is 1. The van der Waals surface area contributed by atoms with E-state index >= 15 is 0 Å². The second-order valence-corrected chi connectivity index (χ2v) is 7.98. The number of nitrogen functional groups attached to an aromatic ring is 1. The van der Waals surface area contributed by atoms with E-state index in [0.717, 1.165) is 25.9 Å². The molecule has 8 nitrogen and oxygen atoms in total. The number of halogens is 2. The number of benzene rings is 1. The van der Waals surface area contributed by atoms with Crippen LogP contribution >= 0.6 is 23.2 Å². The quantitative estimate of drug-likeness (QED) is 0.681. The van der Waals surface area contributed by atoms with E-state index in [1.165, 1.54) is 12.5 Å². The van der Waals surface area contributed by atoms with Crippen molar-refractivity contribution >= 4 is 58.3 Å². The Morgan fingerprint density at radius 3 is 2.69 bits per heavy atom. The molecule has 3 heterocycles. The zero-order valence-corrected chi connectivity index (χ0v) is 17.1. The molecule has 0 aliphatic carbocycles. The van der Waals surface area contributed by atoms with Crippen molar-refractivity contribution < 1.29 is 9.59 Å². The molecule has 2 amide bonds. The Morgan fingerprint density at radius 2 is 1.97 bits per heavy atom. The van der Waals surface area contributed by atoms with Crippen molar-refractivity contribution in [2.75, 3.05) is 34.4 Å². The van der Waals surface area contributed by atoms with Crippen molar-refractivity contribution in [2.24, 2.45) is 0 Å². The van der Waals surface area contributed by atoms with E-state index in [1.54, 1.807) is 12.1 Å². The third kappa shape index (κ3) is 4.09.